The molecule has 7 heterocycles. The summed E-state index contributed by atoms with van der Waals surface area (Å²) in [4.78, 5) is 3.97. The van der Waals surface area contributed by atoms with Gasteiger partial charge in [0.15, 0.2) is 12.2 Å². The Labute approximate surface area is 381 Å². The third-order valence-electron chi connectivity index (χ3n) is 13.9. The smallest absolute Gasteiger partial charge is 0.453 e. The van der Waals surface area contributed by atoms with E-state index >= 15 is 0 Å². The highest BCUT2D eigenvalue weighted by atomic mass is 19.4. The van der Waals surface area contributed by atoms with Gasteiger partial charge in [-0.3, -0.25) is 0 Å². The summed E-state index contributed by atoms with van der Waals surface area (Å²) < 4.78 is 58.7. The van der Waals surface area contributed by atoms with Crippen LogP contribution in [0, 0.1) is 0 Å². The molecule has 0 aliphatic carbocycles. The van der Waals surface area contributed by atoms with E-state index in [0.29, 0.717) is 25.2 Å². The molecule has 0 radical (unpaired) electrons. The molecule has 1 aliphatic rings. The lowest BCUT2D eigenvalue weighted by atomic mass is 9.91. The molecule has 0 saturated carbocycles. The van der Waals surface area contributed by atoms with E-state index in [0.717, 1.165) is 82.7 Å². The number of nitrogens with zero attached hydrogens (tertiary/aromatic N) is 7. The molecule has 0 amide bonds. The van der Waals surface area contributed by atoms with Gasteiger partial charge in [-0.1, -0.05) is 78.9 Å². The Bertz CT molecular complexity index is 4010. The fourth-order valence-electron chi connectivity index (χ4n) is 11.0. The maximum absolute atomic E-state index is 13.9. The van der Waals surface area contributed by atoms with Gasteiger partial charge in [0.1, 0.15) is 11.2 Å². The number of rotatable bonds is 7. The number of hydrogen-bond donors (Lipinski definition) is 0. The number of halogens is 3. The van der Waals surface area contributed by atoms with Gasteiger partial charge in [0, 0.05) is 100 Å². The fourth-order valence-corrected chi connectivity index (χ4v) is 11.0. The minimum Gasteiger partial charge on any atom is -0.455 e. The number of aryl methyl sites for hydroxylation is 4. The number of fused-ring (bicyclic) bond motifs is 13. The fraction of sp³-hybridized carbons (Fsp3) is 0.125. The average molecular weight is 885 g/mol. The van der Waals surface area contributed by atoms with Crippen LogP contribution in [-0.4, -0.2) is 19.3 Å². The third kappa shape index (κ3) is 5.96. The highest BCUT2D eigenvalue weighted by molar-refractivity contribution is 6.13. The van der Waals surface area contributed by atoms with Gasteiger partial charge < -0.3 is 8.98 Å². The van der Waals surface area contributed by atoms with Crippen molar-refractivity contribution < 1.29 is 31.3 Å². The molecule has 13 rings (SSSR count). The van der Waals surface area contributed by atoms with Crippen LogP contribution in [0.15, 0.2) is 174 Å². The number of hydrogen-bond acceptors (Lipinski definition) is 3. The van der Waals surface area contributed by atoms with Gasteiger partial charge in [0.2, 0.25) is 47.0 Å². The number of pyridine rings is 3. The van der Waals surface area contributed by atoms with E-state index in [1.807, 2.05) is 41.1 Å². The first-order valence-electron chi connectivity index (χ1n) is 22.5. The Morgan fingerprint density at radius 3 is 2.13 bits per heavy atom. The lowest BCUT2D eigenvalue weighted by molar-refractivity contribution is -0.757. The second-order valence-electron chi connectivity index (χ2n) is 17.5. The van der Waals surface area contributed by atoms with E-state index in [2.05, 4.69) is 158 Å². The molecule has 324 valence electrons. The molecule has 8 nitrogen and oxygen atoms in total. The largest absolute Gasteiger partial charge is 0.455 e. The van der Waals surface area contributed by atoms with Crippen LogP contribution < -0.4 is 13.7 Å². The van der Waals surface area contributed by atoms with Gasteiger partial charge in [0.25, 0.3) is 5.82 Å². The van der Waals surface area contributed by atoms with Crippen molar-refractivity contribution in [2.75, 3.05) is 0 Å². The summed E-state index contributed by atoms with van der Waals surface area (Å²) >= 11 is 0. The molecule has 0 spiro atoms. The quantitative estimate of drug-likeness (QED) is 0.150. The highest BCUT2D eigenvalue weighted by Crippen LogP contribution is 2.46. The number of furan rings is 1. The summed E-state index contributed by atoms with van der Waals surface area (Å²) in [6, 6.07) is 57.3. The maximum atomic E-state index is 13.9. The van der Waals surface area contributed by atoms with Crippen LogP contribution in [0.4, 0.5) is 13.2 Å². The van der Waals surface area contributed by atoms with Crippen molar-refractivity contribution in [1.82, 2.24) is 19.3 Å². The second kappa shape index (κ2) is 14.7. The highest BCUT2D eigenvalue weighted by Gasteiger charge is 2.42. The van der Waals surface area contributed by atoms with Gasteiger partial charge in [-0.15, -0.1) is 5.10 Å². The van der Waals surface area contributed by atoms with Crippen molar-refractivity contribution in [1.29, 1.82) is 0 Å². The number of alkyl halides is 3. The second-order valence-corrected chi connectivity index (χ2v) is 17.5. The molecular formula is C56H41F3N7O+3. The Kier molecular flexibility index (Phi) is 8.58. The van der Waals surface area contributed by atoms with E-state index < -0.39 is 12.0 Å². The summed E-state index contributed by atoms with van der Waals surface area (Å²) in [5.41, 5.74) is 13.6. The molecule has 12 aromatic rings. The normalized spacial score (nSPS) is 13.8. The Morgan fingerprint density at radius 2 is 1.31 bits per heavy atom. The van der Waals surface area contributed by atoms with Crippen molar-refractivity contribution in [3.8, 4) is 34.0 Å². The van der Waals surface area contributed by atoms with Gasteiger partial charge >= 0.3 is 6.18 Å². The first-order chi connectivity index (χ1) is 32.7. The van der Waals surface area contributed by atoms with Crippen LogP contribution >= 0.6 is 0 Å². The van der Waals surface area contributed by atoms with Crippen molar-refractivity contribution in [3.05, 3.63) is 187 Å². The topological polar surface area (TPSA) is 60.4 Å². The molecule has 0 saturated heterocycles. The molecule has 1 atom stereocenters. The van der Waals surface area contributed by atoms with Crippen LogP contribution in [0.5, 0.6) is 0 Å². The maximum Gasteiger partial charge on any atom is 0.453 e. The summed E-state index contributed by atoms with van der Waals surface area (Å²) in [7, 11) is 3.66. The first kappa shape index (κ1) is 39.2. The van der Waals surface area contributed by atoms with Crippen LogP contribution in [0.2, 0.25) is 0 Å². The Balaban J connectivity index is 1.03. The third-order valence-corrected chi connectivity index (χ3v) is 13.9. The predicted octanol–water partition coefficient (Wildman–Crippen LogP) is 11.4. The van der Waals surface area contributed by atoms with Crippen LogP contribution in [0.25, 0.3) is 99.6 Å². The minimum atomic E-state index is -4.67. The van der Waals surface area contributed by atoms with Gasteiger partial charge in [-0.25, -0.2) is 4.68 Å². The average Bonchev–Trinajstić information content (AvgIpc) is 4.10. The van der Waals surface area contributed by atoms with E-state index in [1.165, 1.54) is 28.2 Å². The van der Waals surface area contributed by atoms with Crippen LogP contribution in [0.1, 0.15) is 23.0 Å². The summed E-state index contributed by atoms with van der Waals surface area (Å²) in [6.45, 7) is 0.940. The van der Waals surface area contributed by atoms with Gasteiger partial charge in [0.05, 0.1) is 16.6 Å². The van der Waals surface area contributed by atoms with Crippen molar-refractivity contribution >= 4 is 65.6 Å². The van der Waals surface area contributed by atoms with Gasteiger partial charge in [-0.2, -0.15) is 31.9 Å². The van der Waals surface area contributed by atoms with Crippen molar-refractivity contribution in [2.45, 2.75) is 31.7 Å². The zero-order valence-electron chi connectivity index (χ0n) is 36.5. The molecule has 0 N–H and O–H groups in total. The molecule has 67 heavy (non-hydrogen) atoms. The standard InChI is InChI=1S/C56H41F3N7O/c1-62-44-19-9-5-15-37(44)39-25-22-36(33-48-41-27-26-40-38-16-6-10-21-49(38)67-53(40)51(41)46-29-24-35-14-4-8-18-43(35)66(46)48)50(52(39)62)45-28-23-34-13-3-7-17-42(34)65(45)32-31-64-30-12-11-20-47(64)54-60-55(56(57,58)59)61-63(54)2/h3-30,48H,31-33H2,1-2H3/q+3. The SMILES string of the molecule is Cn1nc(C(F)(F)F)nc1-c1cccc[n+]1CC[n+]1c(-c2c(CC3c4ccc5c(oc6ccccc65)c4-c4ccc5ccccc5[n+]43)ccc3c4ccccc4n(C)c23)ccc2ccccc21. The zero-order valence-corrected chi connectivity index (χ0v) is 36.5. The molecule has 1 unspecified atom stereocenters. The predicted molar refractivity (Wildman–Crippen MR) is 254 cm³/mol. The number of aromatic nitrogens is 7. The number of para-hydroxylation sites is 4. The molecule has 11 heteroatoms. The zero-order chi connectivity index (χ0) is 45.1. The molecule has 6 aromatic carbocycles. The van der Waals surface area contributed by atoms with E-state index in [1.54, 1.807) is 6.07 Å². The van der Waals surface area contributed by atoms with E-state index in [-0.39, 0.29) is 11.9 Å². The van der Waals surface area contributed by atoms with E-state index in [9.17, 15) is 13.2 Å². The van der Waals surface area contributed by atoms with Gasteiger partial charge in [-0.05, 0) is 54.1 Å². The Hall–Kier alpha value is -8.18. The van der Waals surface area contributed by atoms with E-state index in [4.69, 9.17) is 4.42 Å². The van der Waals surface area contributed by atoms with Crippen LogP contribution in [0.3, 0.4) is 0 Å². The summed E-state index contributed by atoms with van der Waals surface area (Å²) in [6.07, 6.45) is -2.10. The summed E-state index contributed by atoms with van der Waals surface area (Å²) in [5.74, 6) is -1.02. The monoisotopic (exact) mass is 884 g/mol. The first-order valence-corrected chi connectivity index (χ1v) is 22.5. The van der Waals surface area contributed by atoms with Crippen LogP contribution in [-0.2, 0) is 39.8 Å². The molecule has 0 bridgehead atoms. The molecule has 1 aliphatic heterocycles. The molecular weight excluding hydrogens is 844 g/mol. The molecule has 6 aromatic heterocycles. The van der Waals surface area contributed by atoms with Crippen molar-refractivity contribution in [3.63, 3.8) is 0 Å². The number of benzene rings is 6. The lowest BCUT2D eigenvalue weighted by Crippen LogP contribution is -2.47. The van der Waals surface area contributed by atoms with Crippen molar-refractivity contribution in [2.24, 2.45) is 14.1 Å². The minimum absolute atomic E-state index is 0.0797. The lowest BCUT2D eigenvalue weighted by Gasteiger charge is -2.16. The molecule has 0 fully saturated rings. The Morgan fingerprint density at radius 1 is 0.612 bits per heavy atom. The summed E-state index contributed by atoms with van der Waals surface area (Å²) in [5, 5.41) is 10.5.